The summed E-state index contributed by atoms with van der Waals surface area (Å²) in [6.45, 7) is 0.524. The van der Waals surface area contributed by atoms with Crippen LogP contribution in [0, 0.1) is 0 Å². The van der Waals surface area contributed by atoms with Crippen LogP contribution in [0.1, 0.15) is 15.9 Å². The molecule has 3 rings (SSSR count). The predicted octanol–water partition coefficient (Wildman–Crippen LogP) is 3.16. The average Bonchev–Trinajstić information content (AvgIpc) is 2.53. The van der Waals surface area contributed by atoms with Crippen LogP contribution in [0.2, 0.25) is 0 Å². The van der Waals surface area contributed by atoms with E-state index in [0.29, 0.717) is 12.1 Å². The molecule has 1 heterocycles. The molecule has 1 amide bonds. The highest BCUT2D eigenvalue weighted by Crippen LogP contribution is 2.16. The lowest BCUT2D eigenvalue weighted by molar-refractivity contribution is 0.0952. The van der Waals surface area contributed by atoms with Crippen molar-refractivity contribution in [3.63, 3.8) is 0 Å². The lowest BCUT2D eigenvalue weighted by Crippen LogP contribution is -2.23. The first-order valence-electron chi connectivity index (χ1n) is 6.50. The average molecular weight is 262 g/mol. The van der Waals surface area contributed by atoms with Crippen LogP contribution in [0.5, 0.6) is 0 Å². The van der Waals surface area contributed by atoms with E-state index in [1.54, 1.807) is 12.3 Å². The fourth-order valence-corrected chi connectivity index (χ4v) is 2.17. The number of rotatable bonds is 3. The topological polar surface area (TPSA) is 42.0 Å². The van der Waals surface area contributed by atoms with Crippen LogP contribution in [0.15, 0.2) is 66.9 Å². The lowest BCUT2D eigenvalue weighted by Gasteiger charge is -2.07. The molecule has 0 aliphatic rings. The Balaban J connectivity index is 1.82. The molecule has 0 spiro atoms. The number of amides is 1. The monoisotopic (exact) mass is 262 g/mol. The molecule has 0 bridgehead atoms. The fraction of sp³-hybridized carbons (Fsp3) is 0.0588. The van der Waals surface area contributed by atoms with Gasteiger partial charge in [-0.2, -0.15) is 0 Å². The standard InChI is InChI=1S/C17H14N2O/c20-17(19-12-13-6-2-1-3-7-13)15-10-11-18-16-9-5-4-8-14(15)16/h1-11H,12H2,(H,19,20). The van der Waals surface area contributed by atoms with Crippen LogP contribution >= 0.6 is 0 Å². The molecule has 0 fully saturated rings. The van der Waals surface area contributed by atoms with E-state index in [9.17, 15) is 4.79 Å². The van der Waals surface area contributed by atoms with Crippen molar-refractivity contribution in [3.05, 3.63) is 78.0 Å². The van der Waals surface area contributed by atoms with E-state index in [1.165, 1.54) is 0 Å². The van der Waals surface area contributed by atoms with Crippen LogP contribution in [0.3, 0.4) is 0 Å². The second-order valence-electron chi connectivity index (χ2n) is 4.54. The van der Waals surface area contributed by atoms with Gasteiger partial charge < -0.3 is 5.32 Å². The molecule has 0 radical (unpaired) electrons. The Morgan fingerprint density at radius 1 is 0.950 bits per heavy atom. The van der Waals surface area contributed by atoms with E-state index in [0.717, 1.165) is 16.5 Å². The maximum absolute atomic E-state index is 12.3. The molecular formula is C17H14N2O. The zero-order valence-corrected chi connectivity index (χ0v) is 10.9. The third-order valence-corrected chi connectivity index (χ3v) is 3.19. The molecule has 0 aliphatic heterocycles. The summed E-state index contributed by atoms with van der Waals surface area (Å²) in [4.78, 5) is 16.6. The van der Waals surface area contributed by atoms with Gasteiger partial charge in [0.15, 0.2) is 0 Å². The molecule has 3 heteroatoms. The van der Waals surface area contributed by atoms with Gasteiger partial charge in [-0.1, -0.05) is 48.5 Å². The first kappa shape index (κ1) is 12.4. The van der Waals surface area contributed by atoms with E-state index >= 15 is 0 Å². The van der Waals surface area contributed by atoms with Gasteiger partial charge in [-0.3, -0.25) is 9.78 Å². The highest BCUT2D eigenvalue weighted by atomic mass is 16.1. The summed E-state index contributed by atoms with van der Waals surface area (Å²) >= 11 is 0. The number of nitrogens with one attached hydrogen (secondary N) is 1. The Labute approximate surface area is 117 Å². The van der Waals surface area contributed by atoms with Crippen molar-refractivity contribution >= 4 is 16.8 Å². The van der Waals surface area contributed by atoms with Crippen molar-refractivity contribution in [1.29, 1.82) is 0 Å². The summed E-state index contributed by atoms with van der Waals surface area (Å²) in [6, 6.07) is 19.3. The molecule has 0 aliphatic carbocycles. The maximum atomic E-state index is 12.3. The second-order valence-corrected chi connectivity index (χ2v) is 4.54. The minimum Gasteiger partial charge on any atom is -0.348 e. The molecule has 98 valence electrons. The van der Waals surface area contributed by atoms with E-state index < -0.39 is 0 Å². The van der Waals surface area contributed by atoms with Gasteiger partial charge in [0.25, 0.3) is 5.91 Å². The second kappa shape index (κ2) is 5.53. The van der Waals surface area contributed by atoms with Crippen molar-refractivity contribution in [3.8, 4) is 0 Å². The molecule has 2 aromatic carbocycles. The summed E-state index contributed by atoms with van der Waals surface area (Å²) in [5.41, 5.74) is 2.57. The van der Waals surface area contributed by atoms with Gasteiger partial charge in [-0.05, 0) is 17.7 Å². The Kier molecular flexibility index (Phi) is 3.42. The summed E-state index contributed by atoms with van der Waals surface area (Å²) in [7, 11) is 0. The highest BCUT2D eigenvalue weighted by molar-refractivity contribution is 6.05. The minimum atomic E-state index is -0.0764. The first-order chi connectivity index (χ1) is 9.84. The van der Waals surface area contributed by atoms with Crippen molar-refractivity contribution < 1.29 is 4.79 Å². The van der Waals surface area contributed by atoms with Gasteiger partial charge >= 0.3 is 0 Å². The summed E-state index contributed by atoms with van der Waals surface area (Å²) in [6.07, 6.45) is 1.67. The molecule has 0 saturated carbocycles. The quantitative estimate of drug-likeness (QED) is 0.787. The van der Waals surface area contributed by atoms with E-state index in [2.05, 4.69) is 10.3 Å². The number of para-hydroxylation sites is 1. The van der Waals surface area contributed by atoms with Crippen LogP contribution in [-0.2, 0) is 6.54 Å². The van der Waals surface area contributed by atoms with Crippen LogP contribution < -0.4 is 5.32 Å². The molecule has 1 aromatic heterocycles. The Bertz CT molecular complexity index is 733. The van der Waals surface area contributed by atoms with Gasteiger partial charge in [-0.25, -0.2) is 0 Å². The number of carbonyl (C=O) groups is 1. The van der Waals surface area contributed by atoms with Gasteiger partial charge in [0.05, 0.1) is 11.1 Å². The highest BCUT2D eigenvalue weighted by Gasteiger charge is 2.09. The van der Waals surface area contributed by atoms with Crippen molar-refractivity contribution in [2.24, 2.45) is 0 Å². The number of nitrogens with zero attached hydrogens (tertiary/aromatic N) is 1. The van der Waals surface area contributed by atoms with Gasteiger partial charge in [0, 0.05) is 18.1 Å². The zero-order valence-electron chi connectivity index (χ0n) is 10.9. The number of carbonyl (C=O) groups excluding carboxylic acids is 1. The Morgan fingerprint density at radius 2 is 1.70 bits per heavy atom. The lowest BCUT2D eigenvalue weighted by atomic mass is 10.1. The molecule has 0 unspecified atom stereocenters. The summed E-state index contributed by atoms with van der Waals surface area (Å²) in [5.74, 6) is -0.0764. The summed E-state index contributed by atoms with van der Waals surface area (Å²) in [5, 5.41) is 3.82. The number of benzene rings is 2. The third-order valence-electron chi connectivity index (χ3n) is 3.19. The van der Waals surface area contributed by atoms with Gasteiger partial charge in [-0.15, -0.1) is 0 Å². The smallest absolute Gasteiger partial charge is 0.252 e. The van der Waals surface area contributed by atoms with Crippen molar-refractivity contribution in [2.45, 2.75) is 6.54 Å². The van der Waals surface area contributed by atoms with Gasteiger partial charge in [0.1, 0.15) is 0 Å². The third kappa shape index (κ3) is 2.52. The zero-order chi connectivity index (χ0) is 13.8. The van der Waals surface area contributed by atoms with Crippen LogP contribution in [-0.4, -0.2) is 10.9 Å². The van der Waals surface area contributed by atoms with Crippen molar-refractivity contribution in [2.75, 3.05) is 0 Å². The van der Waals surface area contributed by atoms with Crippen LogP contribution in [0.4, 0.5) is 0 Å². The van der Waals surface area contributed by atoms with E-state index in [4.69, 9.17) is 0 Å². The SMILES string of the molecule is O=C(NCc1ccccc1)c1ccnc2ccccc12. The van der Waals surface area contributed by atoms with Crippen molar-refractivity contribution in [1.82, 2.24) is 10.3 Å². The number of aromatic nitrogens is 1. The maximum Gasteiger partial charge on any atom is 0.252 e. The minimum absolute atomic E-state index is 0.0764. The normalized spacial score (nSPS) is 10.4. The molecule has 20 heavy (non-hydrogen) atoms. The molecule has 1 N–H and O–H groups in total. The molecular weight excluding hydrogens is 248 g/mol. The molecule has 0 saturated heterocycles. The largest absolute Gasteiger partial charge is 0.348 e. The number of hydrogen-bond donors (Lipinski definition) is 1. The predicted molar refractivity (Wildman–Crippen MR) is 79.4 cm³/mol. The Hall–Kier alpha value is -2.68. The Morgan fingerprint density at radius 3 is 2.55 bits per heavy atom. The fourth-order valence-electron chi connectivity index (χ4n) is 2.17. The molecule has 3 aromatic rings. The number of pyridine rings is 1. The van der Waals surface area contributed by atoms with Crippen LogP contribution in [0.25, 0.3) is 10.9 Å². The van der Waals surface area contributed by atoms with E-state index in [1.807, 2.05) is 54.6 Å². The molecule has 0 atom stereocenters. The molecule has 3 nitrogen and oxygen atoms in total. The summed E-state index contributed by atoms with van der Waals surface area (Å²) < 4.78 is 0. The number of fused-ring (bicyclic) bond motifs is 1. The van der Waals surface area contributed by atoms with Gasteiger partial charge in [0.2, 0.25) is 0 Å². The number of hydrogen-bond acceptors (Lipinski definition) is 2. The first-order valence-corrected chi connectivity index (χ1v) is 6.50. The van der Waals surface area contributed by atoms with E-state index in [-0.39, 0.29) is 5.91 Å².